The number of aryl methyl sites for hydroxylation is 1. The Morgan fingerprint density at radius 2 is 2.13 bits per heavy atom. The molecular weight excluding hydrogens is 188 g/mol. The van der Waals surface area contributed by atoms with Crippen LogP contribution in [0.5, 0.6) is 11.6 Å². The van der Waals surface area contributed by atoms with Crippen LogP contribution >= 0.6 is 0 Å². The lowest BCUT2D eigenvalue weighted by Crippen LogP contribution is -1.91. The predicted molar refractivity (Wildman–Crippen MR) is 57.7 cm³/mol. The molecule has 3 nitrogen and oxygen atoms in total. The van der Waals surface area contributed by atoms with Crippen LogP contribution < -0.4 is 4.74 Å². The van der Waals surface area contributed by atoms with Crippen LogP contribution in [-0.2, 0) is 0 Å². The molecule has 0 atom stereocenters. The minimum atomic E-state index is 0.501. The van der Waals surface area contributed by atoms with Crippen LogP contribution in [0.3, 0.4) is 0 Å². The van der Waals surface area contributed by atoms with E-state index in [9.17, 15) is 0 Å². The first kappa shape index (κ1) is 9.65. The molecule has 2 rings (SSSR count). The van der Waals surface area contributed by atoms with Gasteiger partial charge in [0, 0.05) is 6.20 Å². The van der Waals surface area contributed by atoms with Crippen LogP contribution in [0.25, 0.3) is 0 Å². The molecule has 0 aliphatic carbocycles. The molecule has 0 unspecified atom stereocenters. The van der Waals surface area contributed by atoms with Gasteiger partial charge in [0.25, 0.3) is 0 Å². The Kier molecular flexibility index (Phi) is 2.63. The molecule has 75 valence electrons. The lowest BCUT2D eigenvalue weighted by molar-refractivity contribution is 0.458. The zero-order chi connectivity index (χ0) is 10.7. The standard InChI is InChI=1S/C12H11N2O/c1-9-4-3-5-11(6-9)15-12-8-13-7-10(2)14-12/h3-8H,1H2,2H3. The molecule has 1 aromatic heterocycles. The summed E-state index contributed by atoms with van der Waals surface area (Å²) in [5, 5.41) is 0. The Bertz CT molecular complexity index is 425. The second kappa shape index (κ2) is 4.09. The van der Waals surface area contributed by atoms with Crippen molar-refractivity contribution >= 4 is 0 Å². The van der Waals surface area contributed by atoms with Crippen LogP contribution in [0, 0.1) is 13.8 Å². The van der Waals surface area contributed by atoms with Gasteiger partial charge in [0.15, 0.2) is 0 Å². The van der Waals surface area contributed by atoms with Gasteiger partial charge in [-0.1, -0.05) is 12.1 Å². The van der Waals surface area contributed by atoms with Crippen LogP contribution in [0.1, 0.15) is 11.3 Å². The normalized spacial score (nSPS) is 10.0. The van der Waals surface area contributed by atoms with Gasteiger partial charge in [0.2, 0.25) is 5.88 Å². The van der Waals surface area contributed by atoms with Gasteiger partial charge in [-0.05, 0) is 31.5 Å². The zero-order valence-electron chi connectivity index (χ0n) is 8.47. The maximum absolute atomic E-state index is 5.53. The summed E-state index contributed by atoms with van der Waals surface area (Å²) in [6.45, 7) is 5.70. The number of aromatic nitrogens is 2. The molecule has 0 aliphatic rings. The molecule has 0 fully saturated rings. The lowest BCUT2D eigenvalue weighted by atomic mass is 10.2. The first-order chi connectivity index (χ1) is 7.24. The average molecular weight is 199 g/mol. The van der Waals surface area contributed by atoms with E-state index in [-0.39, 0.29) is 0 Å². The van der Waals surface area contributed by atoms with Crippen molar-refractivity contribution in [3.05, 3.63) is 54.8 Å². The van der Waals surface area contributed by atoms with Crippen LogP contribution in [-0.4, -0.2) is 9.97 Å². The minimum Gasteiger partial charge on any atom is -0.437 e. The molecule has 1 radical (unpaired) electrons. The molecule has 3 heteroatoms. The Labute approximate surface area is 88.8 Å². The fourth-order valence-electron chi connectivity index (χ4n) is 1.22. The maximum atomic E-state index is 5.53. The number of rotatable bonds is 2. The first-order valence-electron chi connectivity index (χ1n) is 4.62. The maximum Gasteiger partial charge on any atom is 0.238 e. The largest absolute Gasteiger partial charge is 0.437 e. The quantitative estimate of drug-likeness (QED) is 0.746. The molecule has 0 saturated heterocycles. The van der Waals surface area contributed by atoms with E-state index in [0.29, 0.717) is 5.88 Å². The van der Waals surface area contributed by atoms with E-state index in [1.54, 1.807) is 12.4 Å². The second-order valence-electron chi connectivity index (χ2n) is 3.25. The highest BCUT2D eigenvalue weighted by atomic mass is 16.5. The monoisotopic (exact) mass is 199 g/mol. The third-order valence-electron chi connectivity index (χ3n) is 1.85. The van der Waals surface area contributed by atoms with E-state index in [0.717, 1.165) is 17.0 Å². The highest BCUT2D eigenvalue weighted by Crippen LogP contribution is 2.19. The van der Waals surface area contributed by atoms with Crippen LogP contribution in [0.4, 0.5) is 0 Å². The van der Waals surface area contributed by atoms with E-state index < -0.39 is 0 Å². The van der Waals surface area contributed by atoms with E-state index >= 15 is 0 Å². The second-order valence-corrected chi connectivity index (χ2v) is 3.25. The van der Waals surface area contributed by atoms with Gasteiger partial charge in [-0.3, -0.25) is 4.98 Å². The number of hydrogen-bond donors (Lipinski definition) is 0. The van der Waals surface area contributed by atoms with Gasteiger partial charge in [-0.15, -0.1) is 0 Å². The summed E-state index contributed by atoms with van der Waals surface area (Å²) in [6.07, 6.45) is 3.27. The molecule has 0 aliphatic heterocycles. The molecule has 0 saturated carbocycles. The van der Waals surface area contributed by atoms with Crippen LogP contribution in [0.2, 0.25) is 0 Å². The van der Waals surface area contributed by atoms with Crippen molar-refractivity contribution in [2.75, 3.05) is 0 Å². The van der Waals surface area contributed by atoms with Crippen molar-refractivity contribution in [1.82, 2.24) is 9.97 Å². The number of benzene rings is 1. The lowest BCUT2D eigenvalue weighted by Gasteiger charge is -2.04. The average Bonchev–Trinajstić information content (AvgIpc) is 2.17. The van der Waals surface area contributed by atoms with Crippen molar-refractivity contribution in [1.29, 1.82) is 0 Å². The number of ether oxygens (including phenoxy) is 1. The molecule has 0 N–H and O–H groups in total. The summed E-state index contributed by atoms with van der Waals surface area (Å²) < 4.78 is 5.53. The van der Waals surface area contributed by atoms with Crippen LogP contribution in [0.15, 0.2) is 36.7 Å². The number of hydrogen-bond acceptors (Lipinski definition) is 3. The Hall–Kier alpha value is -1.90. The Balaban J connectivity index is 2.22. The highest BCUT2D eigenvalue weighted by molar-refractivity contribution is 5.32. The van der Waals surface area contributed by atoms with Gasteiger partial charge in [-0.2, -0.15) is 0 Å². The number of nitrogens with zero attached hydrogens (tertiary/aromatic N) is 2. The van der Waals surface area contributed by atoms with E-state index in [4.69, 9.17) is 4.74 Å². The fourth-order valence-corrected chi connectivity index (χ4v) is 1.22. The third kappa shape index (κ3) is 2.53. The SMILES string of the molecule is [CH2]c1cccc(Oc2cncc(C)n2)c1. The summed E-state index contributed by atoms with van der Waals surface area (Å²) >= 11 is 0. The Morgan fingerprint density at radius 1 is 1.27 bits per heavy atom. The van der Waals surface area contributed by atoms with Gasteiger partial charge >= 0.3 is 0 Å². The fraction of sp³-hybridized carbons (Fsp3) is 0.0833. The van der Waals surface area contributed by atoms with Gasteiger partial charge < -0.3 is 4.74 Å². The molecular formula is C12H11N2O. The van der Waals surface area contributed by atoms with Crippen molar-refractivity contribution in [2.45, 2.75) is 6.92 Å². The topological polar surface area (TPSA) is 35.0 Å². The van der Waals surface area contributed by atoms with Crippen molar-refractivity contribution in [3.8, 4) is 11.6 Å². The summed E-state index contributed by atoms with van der Waals surface area (Å²) in [5.41, 5.74) is 1.74. The van der Waals surface area contributed by atoms with E-state index in [1.165, 1.54) is 0 Å². The summed E-state index contributed by atoms with van der Waals surface area (Å²) in [5.74, 6) is 1.23. The molecule has 0 amide bonds. The zero-order valence-corrected chi connectivity index (χ0v) is 8.47. The van der Waals surface area contributed by atoms with Gasteiger partial charge in [0.1, 0.15) is 5.75 Å². The van der Waals surface area contributed by atoms with Crippen molar-refractivity contribution in [2.24, 2.45) is 0 Å². The summed E-state index contributed by atoms with van der Waals surface area (Å²) in [6, 6.07) is 7.51. The molecule has 1 aromatic carbocycles. The minimum absolute atomic E-state index is 0.501. The molecule has 1 heterocycles. The molecule has 0 spiro atoms. The predicted octanol–water partition coefficient (Wildman–Crippen LogP) is 2.76. The van der Waals surface area contributed by atoms with Gasteiger partial charge in [-0.25, -0.2) is 4.98 Å². The van der Waals surface area contributed by atoms with Gasteiger partial charge in [0.05, 0.1) is 11.9 Å². The highest BCUT2D eigenvalue weighted by Gasteiger charge is 1.99. The van der Waals surface area contributed by atoms with E-state index in [1.807, 2.05) is 31.2 Å². The van der Waals surface area contributed by atoms with E-state index in [2.05, 4.69) is 16.9 Å². The molecule has 0 bridgehead atoms. The summed E-state index contributed by atoms with van der Waals surface area (Å²) in [7, 11) is 0. The first-order valence-corrected chi connectivity index (χ1v) is 4.62. The van der Waals surface area contributed by atoms with Crippen molar-refractivity contribution in [3.63, 3.8) is 0 Å². The molecule has 2 aromatic rings. The Morgan fingerprint density at radius 3 is 2.87 bits per heavy atom. The molecule has 15 heavy (non-hydrogen) atoms. The summed E-state index contributed by atoms with van der Waals surface area (Å²) in [4.78, 5) is 8.19. The van der Waals surface area contributed by atoms with Crippen molar-refractivity contribution < 1.29 is 4.74 Å². The third-order valence-corrected chi connectivity index (χ3v) is 1.85. The smallest absolute Gasteiger partial charge is 0.238 e.